The minimum Gasteiger partial charge on any atom is -0.337 e. The number of rotatable bonds is 3. The first-order valence-corrected chi connectivity index (χ1v) is 7.12. The minimum absolute atomic E-state index is 0.0955. The molecule has 0 spiro atoms. The second kappa shape index (κ2) is 4.68. The number of aromatic nitrogens is 3. The fourth-order valence-corrected chi connectivity index (χ4v) is 3.39. The monoisotopic (exact) mass is 265 g/mol. The zero-order valence-corrected chi connectivity index (χ0v) is 11.1. The van der Waals surface area contributed by atoms with Crippen molar-refractivity contribution in [3.05, 3.63) is 32.0 Å². The van der Waals surface area contributed by atoms with Gasteiger partial charge in [-0.2, -0.15) is 4.98 Å². The molecule has 3 rings (SSSR count). The Morgan fingerprint density at radius 2 is 2.22 bits per heavy atom. The van der Waals surface area contributed by atoms with Gasteiger partial charge in [0.15, 0.2) is 5.82 Å². The number of thiazole rings is 1. The van der Waals surface area contributed by atoms with Crippen LogP contribution in [0.5, 0.6) is 0 Å². The molecule has 0 fully saturated rings. The predicted octanol–water partition coefficient (Wildman–Crippen LogP) is 1.78. The fourth-order valence-electron chi connectivity index (χ4n) is 2.32. The molecule has 0 saturated heterocycles. The molecule has 0 bridgehead atoms. The quantitative estimate of drug-likeness (QED) is 0.848. The normalized spacial score (nSPS) is 14.7. The molecular weight excluding hydrogens is 250 g/mol. The van der Waals surface area contributed by atoms with Crippen molar-refractivity contribution in [2.24, 2.45) is 0 Å². The molecule has 0 N–H and O–H groups in total. The van der Waals surface area contributed by atoms with Gasteiger partial charge in [-0.05, 0) is 25.7 Å². The van der Waals surface area contributed by atoms with Crippen LogP contribution in [0.3, 0.4) is 0 Å². The maximum Gasteiger partial charge on any atom is 0.308 e. The van der Waals surface area contributed by atoms with Crippen molar-refractivity contribution in [1.29, 1.82) is 0 Å². The lowest BCUT2D eigenvalue weighted by molar-refractivity contribution is 0.364. The largest absolute Gasteiger partial charge is 0.337 e. The first-order chi connectivity index (χ1) is 8.78. The van der Waals surface area contributed by atoms with Gasteiger partial charge in [0.25, 0.3) is 0 Å². The summed E-state index contributed by atoms with van der Waals surface area (Å²) in [6.07, 6.45) is 5.12. The summed E-state index contributed by atoms with van der Waals surface area (Å²) in [5.41, 5.74) is 1.17. The highest BCUT2D eigenvalue weighted by molar-refractivity contribution is 7.09. The second-order valence-corrected chi connectivity index (χ2v) is 5.54. The van der Waals surface area contributed by atoms with Gasteiger partial charge >= 0.3 is 4.87 Å². The van der Waals surface area contributed by atoms with Gasteiger partial charge in [0.05, 0.1) is 0 Å². The highest BCUT2D eigenvalue weighted by atomic mass is 32.1. The lowest BCUT2D eigenvalue weighted by Gasteiger charge is -2.12. The number of aryl methyl sites for hydroxylation is 2. The molecule has 0 atom stereocenters. The molecule has 0 unspecified atom stereocenters. The van der Waals surface area contributed by atoms with Crippen LogP contribution in [0.1, 0.15) is 42.1 Å². The van der Waals surface area contributed by atoms with E-state index in [-0.39, 0.29) is 4.87 Å². The lowest BCUT2D eigenvalue weighted by atomic mass is 10.0. The van der Waals surface area contributed by atoms with Crippen molar-refractivity contribution in [1.82, 2.24) is 14.7 Å². The molecule has 2 aromatic heterocycles. The van der Waals surface area contributed by atoms with E-state index in [0.717, 1.165) is 25.7 Å². The van der Waals surface area contributed by atoms with E-state index in [9.17, 15) is 4.79 Å². The average molecular weight is 265 g/mol. The van der Waals surface area contributed by atoms with Gasteiger partial charge < -0.3 is 4.52 Å². The van der Waals surface area contributed by atoms with Crippen LogP contribution in [0.2, 0.25) is 0 Å². The van der Waals surface area contributed by atoms with Gasteiger partial charge in [0.1, 0.15) is 6.54 Å². The Hall–Kier alpha value is -1.43. The van der Waals surface area contributed by atoms with E-state index < -0.39 is 0 Å². The summed E-state index contributed by atoms with van der Waals surface area (Å²) in [5, 5.41) is 3.86. The SMILES string of the molecule is CCc1noc(Cn2c3c(sc2=O)CCCC3)n1. The molecule has 2 aromatic rings. The van der Waals surface area contributed by atoms with Crippen molar-refractivity contribution in [3.63, 3.8) is 0 Å². The van der Waals surface area contributed by atoms with Crippen LogP contribution in [0.25, 0.3) is 0 Å². The van der Waals surface area contributed by atoms with Crippen LogP contribution in [0.15, 0.2) is 9.32 Å². The molecule has 5 nitrogen and oxygen atoms in total. The maximum absolute atomic E-state index is 12.0. The Morgan fingerprint density at radius 1 is 1.39 bits per heavy atom. The molecule has 0 saturated carbocycles. The van der Waals surface area contributed by atoms with Gasteiger partial charge in [0, 0.05) is 17.0 Å². The van der Waals surface area contributed by atoms with E-state index in [2.05, 4.69) is 10.1 Å². The number of hydrogen-bond donors (Lipinski definition) is 0. The highest BCUT2D eigenvalue weighted by Crippen LogP contribution is 2.23. The minimum atomic E-state index is 0.0955. The highest BCUT2D eigenvalue weighted by Gasteiger charge is 2.19. The fraction of sp³-hybridized carbons (Fsp3) is 0.583. The Kier molecular flexibility index (Phi) is 3.03. The third kappa shape index (κ3) is 2.01. The molecule has 0 radical (unpaired) electrons. The third-order valence-corrected chi connectivity index (χ3v) is 4.35. The number of nitrogens with zero attached hydrogens (tertiary/aromatic N) is 3. The lowest BCUT2D eigenvalue weighted by Crippen LogP contribution is -2.18. The standard InChI is InChI=1S/C12H15N3O2S/c1-2-10-13-11(17-14-10)7-15-8-5-3-4-6-9(8)18-12(15)16/h2-7H2,1H3. The Balaban J connectivity index is 1.92. The van der Waals surface area contributed by atoms with Crippen molar-refractivity contribution in [2.45, 2.75) is 45.6 Å². The molecule has 2 heterocycles. The van der Waals surface area contributed by atoms with Gasteiger partial charge in [-0.3, -0.25) is 9.36 Å². The van der Waals surface area contributed by atoms with E-state index >= 15 is 0 Å². The molecule has 0 aliphatic heterocycles. The van der Waals surface area contributed by atoms with E-state index in [1.54, 1.807) is 4.57 Å². The Morgan fingerprint density at radius 3 is 3.00 bits per heavy atom. The van der Waals surface area contributed by atoms with Crippen molar-refractivity contribution in [3.8, 4) is 0 Å². The topological polar surface area (TPSA) is 60.9 Å². The summed E-state index contributed by atoms with van der Waals surface area (Å²) in [6, 6.07) is 0. The van der Waals surface area contributed by atoms with Crippen LogP contribution in [-0.2, 0) is 25.8 Å². The van der Waals surface area contributed by atoms with Crippen molar-refractivity contribution in [2.75, 3.05) is 0 Å². The Bertz CT molecular complexity index is 611. The summed E-state index contributed by atoms with van der Waals surface area (Å²) in [5.74, 6) is 1.22. The molecule has 6 heteroatoms. The zero-order valence-electron chi connectivity index (χ0n) is 10.3. The van der Waals surface area contributed by atoms with Crippen LogP contribution >= 0.6 is 11.3 Å². The zero-order chi connectivity index (χ0) is 12.5. The number of hydrogen-bond acceptors (Lipinski definition) is 5. The van der Waals surface area contributed by atoms with E-state index in [1.807, 2.05) is 6.92 Å². The number of fused-ring (bicyclic) bond motifs is 1. The van der Waals surface area contributed by atoms with Gasteiger partial charge in [0.2, 0.25) is 5.89 Å². The van der Waals surface area contributed by atoms with E-state index in [1.165, 1.54) is 28.3 Å². The maximum atomic E-state index is 12.0. The average Bonchev–Trinajstić information content (AvgIpc) is 2.96. The van der Waals surface area contributed by atoms with Gasteiger partial charge in [-0.1, -0.05) is 23.4 Å². The van der Waals surface area contributed by atoms with Crippen LogP contribution < -0.4 is 4.87 Å². The Labute approximate surface area is 108 Å². The summed E-state index contributed by atoms with van der Waals surface area (Å²) in [6.45, 7) is 2.39. The van der Waals surface area contributed by atoms with Crippen molar-refractivity contribution >= 4 is 11.3 Å². The predicted molar refractivity (Wildman–Crippen MR) is 68.0 cm³/mol. The third-order valence-electron chi connectivity index (χ3n) is 3.27. The van der Waals surface area contributed by atoms with Crippen LogP contribution in [-0.4, -0.2) is 14.7 Å². The molecule has 96 valence electrons. The van der Waals surface area contributed by atoms with E-state index in [0.29, 0.717) is 18.3 Å². The molecule has 18 heavy (non-hydrogen) atoms. The first-order valence-electron chi connectivity index (χ1n) is 6.30. The van der Waals surface area contributed by atoms with Gasteiger partial charge in [-0.15, -0.1) is 0 Å². The van der Waals surface area contributed by atoms with Crippen LogP contribution in [0, 0.1) is 0 Å². The first kappa shape index (κ1) is 11.6. The van der Waals surface area contributed by atoms with Crippen molar-refractivity contribution < 1.29 is 4.52 Å². The summed E-state index contributed by atoms with van der Waals surface area (Å²) < 4.78 is 6.96. The molecule has 0 amide bonds. The smallest absolute Gasteiger partial charge is 0.308 e. The molecular formula is C12H15N3O2S. The summed E-state index contributed by atoms with van der Waals surface area (Å²) >= 11 is 1.37. The molecule has 1 aliphatic carbocycles. The summed E-state index contributed by atoms with van der Waals surface area (Å²) in [7, 11) is 0. The van der Waals surface area contributed by atoms with Gasteiger partial charge in [-0.25, -0.2) is 0 Å². The molecule has 1 aliphatic rings. The van der Waals surface area contributed by atoms with Crippen LogP contribution in [0.4, 0.5) is 0 Å². The second-order valence-electron chi connectivity index (χ2n) is 4.49. The molecule has 0 aromatic carbocycles. The summed E-state index contributed by atoms with van der Waals surface area (Å²) in [4.78, 5) is 17.6. The van der Waals surface area contributed by atoms with E-state index in [4.69, 9.17) is 4.52 Å².